The number of nitrogens with one attached hydrogen (secondary N) is 2. The molecule has 1 rings (SSSR count). The zero-order chi connectivity index (χ0) is 12.7. The quantitative estimate of drug-likeness (QED) is 0.429. The van der Waals surface area contributed by atoms with Crippen LogP contribution < -0.4 is 10.6 Å². The Labute approximate surface area is 101 Å². The predicted octanol–water partition coefficient (Wildman–Crippen LogP) is 1.71. The minimum atomic E-state index is -0.410. The number of nitrogens with zero attached hydrogens (tertiary/aromatic N) is 2. The van der Waals surface area contributed by atoms with Crippen LogP contribution in [0.15, 0.2) is 12.3 Å². The van der Waals surface area contributed by atoms with Crippen LogP contribution in [0.2, 0.25) is 0 Å². The van der Waals surface area contributed by atoms with Gasteiger partial charge in [0, 0.05) is 18.8 Å². The zero-order valence-corrected chi connectivity index (χ0v) is 10.2. The summed E-state index contributed by atoms with van der Waals surface area (Å²) >= 11 is 0. The van der Waals surface area contributed by atoms with Gasteiger partial charge >= 0.3 is 5.69 Å². The van der Waals surface area contributed by atoms with Gasteiger partial charge in [0.25, 0.3) is 0 Å². The third-order valence-electron chi connectivity index (χ3n) is 2.27. The molecular formula is C11H18N4O2. The van der Waals surface area contributed by atoms with Gasteiger partial charge in [-0.25, -0.2) is 4.98 Å². The Morgan fingerprint density at radius 2 is 2.24 bits per heavy atom. The maximum absolute atomic E-state index is 10.8. The van der Waals surface area contributed by atoms with Crippen molar-refractivity contribution in [1.29, 1.82) is 0 Å². The number of hydrogen-bond acceptors (Lipinski definition) is 5. The molecule has 0 saturated carbocycles. The van der Waals surface area contributed by atoms with E-state index in [1.807, 2.05) is 6.92 Å². The molecule has 0 spiro atoms. The van der Waals surface area contributed by atoms with Crippen LogP contribution in [0.1, 0.15) is 18.9 Å². The molecule has 6 nitrogen and oxygen atoms in total. The van der Waals surface area contributed by atoms with Crippen LogP contribution in [0.4, 0.5) is 11.5 Å². The number of hydrogen-bond donors (Lipinski definition) is 2. The van der Waals surface area contributed by atoms with Gasteiger partial charge in [0.05, 0.1) is 4.92 Å². The fraction of sp³-hybridized carbons (Fsp3) is 0.545. The van der Waals surface area contributed by atoms with Crippen molar-refractivity contribution in [3.8, 4) is 0 Å². The highest BCUT2D eigenvalue weighted by atomic mass is 16.6. The number of nitro groups is 1. The first kappa shape index (κ1) is 13.4. The van der Waals surface area contributed by atoms with Gasteiger partial charge in [0.15, 0.2) is 0 Å². The highest BCUT2D eigenvalue weighted by Gasteiger charge is 2.14. The Hall–Kier alpha value is -1.69. The molecule has 17 heavy (non-hydrogen) atoms. The molecule has 1 heterocycles. The van der Waals surface area contributed by atoms with Gasteiger partial charge in [0.2, 0.25) is 5.82 Å². The molecular weight excluding hydrogens is 220 g/mol. The number of anilines is 1. The predicted molar refractivity (Wildman–Crippen MR) is 67.3 cm³/mol. The minimum Gasteiger partial charge on any atom is -0.364 e. The summed E-state index contributed by atoms with van der Waals surface area (Å²) in [6, 6.07) is 1.53. The van der Waals surface area contributed by atoms with Crippen LogP contribution in [-0.4, -0.2) is 29.5 Å². The van der Waals surface area contributed by atoms with Crippen molar-refractivity contribution in [3.63, 3.8) is 0 Å². The van der Waals surface area contributed by atoms with Crippen molar-refractivity contribution in [1.82, 2.24) is 10.3 Å². The first-order valence-electron chi connectivity index (χ1n) is 5.70. The lowest BCUT2D eigenvalue weighted by Crippen LogP contribution is -2.17. The standard InChI is InChI=1S/C11H18N4O2/c1-3-12-5-4-6-13-11-10(15(16)17)7-9(2)8-14-11/h7-8,12H,3-6H2,1-2H3,(H,13,14). The van der Waals surface area contributed by atoms with E-state index >= 15 is 0 Å². The maximum Gasteiger partial charge on any atom is 0.311 e. The average Bonchev–Trinajstić information content (AvgIpc) is 2.30. The number of aryl methyl sites for hydroxylation is 1. The second kappa shape index (κ2) is 6.80. The molecule has 1 aromatic heterocycles. The van der Waals surface area contributed by atoms with Crippen LogP contribution in [0.25, 0.3) is 0 Å². The van der Waals surface area contributed by atoms with Gasteiger partial charge in [-0.2, -0.15) is 0 Å². The summed E-state index contributed by atoms with van der Waals surface area (Å²) in [5, 5.41) is 17.0. The van der Waals surface area contributed by atoms with E-state index < -0.39 is 4.92 Å². The van der Waals surface area contributed by atoms with E-state index in [9.17, 15) is 10.1 Å². The lowest BCUT2D eigenvalue weighted by molar-refractivity contribution is -0.384. The van der Waals surface area contributed by atoms with Crippen molar-refractivity contribution in [3.05, 3.63) is 27.9 Å². The highest BCUT2D eigenvalue weighted by molar-refractivity contribution is 5.56. The lowest BCUT2D eigenvalue weighted by atomic mass is 10.3. The molecule has 0 amide bonds. The second-order valence-electron chi connectivity index (χ2n) is 3.77. The maximum atomic E-state index is 10.8. The van der Waals surface area contributed by atoms with Crippen molar-refractivity contribution in [2.45, 2.75) is 20.3 Å². The van der Waals surface area contributed by atoms with E-state index in [4.69, 9.17) is 0 Å². The normalized spacial score (nSPS) is 10.2. The molecule has 0 radical (unpaired) electrons. The van der Waals surface area contributed by atoms with Gasteiger partial charge in [-0.1, -0.05) is 6.92 Å². The molecule has 0 bridgehead atoms. The largest absolute Gasteiger partial charge is 0.364 e. The van der Waals surface area contributed by atoms with Crippen LogP contribution in [-0.2, 0) is 0 Å². The Morgan fingerprint density at radius 1 is 1.47 bits per heavy atom. The monoisotopic (exact) mass is 238 g/mol. The topological polar surface area (TPSA) is 80.1 Å². The molecule has 6 heteroatoms. The summed E-state index contributed by atoms with van der Waals surface area (Å²) in [6.45, 7) is 6.32. The molecule has 94 valence electrons. The summed E-state index contributed by atoms with van der Waals surface area (Å²) < 4.78 is 0. The van der Waals surface area contributed by atoms with Crippen molar-refractivity contribution in [2.75, 3.05) is 25.0 Å². The summed E-state index contributed by atoms with van der Waals surface area (Å²) in [7, 11) is 0. The summed E-state index contributed by atoms with van der Waals surface area (Å²) in [6.07, 6.45) is 2.53. The number of pyridine rings is 1. The average molecular weight is 238 g/mol. The van der Waals surface area contributed by atoms with Crippen molar-refractivity contribution < 1.29 is 4.92 Å². The molecule has 1 aromatic rings. The third-order valence-corrected chi connectivity index (χ3v) is 2.27. The van der Waals surface area contributed by atoms with Gasteiger partial charge in [-0.05, 0) is 32.0 Å². The van der Waals surface area contributed by atoms with E-state index in [2.05, 4.69) is 15.6 Å². The van der Waals surface area contributed by atoms with Gasteiger partial charge in [0.1, 0.15) is 0 Å². The van der Waals surface area contributed by atoms with Gasteiger partial charge in [-0.3, -0.25) is 10.1 Å². The Morgan fingerprint density at radius 3 is 2.88 bits per heavy atom. The molecule has 0 aromatic carbocycles. The summed E-state index contributed by atoms with van der Waals surface area (Å²) in [4.78, 5) is 14.5. The molecule has 2 N–H and O–H groups in total. The molecule has 0 fully saturated rings. The fourth-order valence-electron chi connectivity index (χ4n) is 1.43. The van der Waals surface area contributed by atoms with Gasteiger partial charge in [-0.15, -0.1) is 0 Å². The summed E-state index contributed by atoms with van der Waals surface area (Å²) in [5.74, 6) is 0.345. The lowest BCUT2D eigenvalue weighted by Gasteiger charge is -2.06. The second-order valence-corrected chi connectivity index (χ2v) is 3.77. The van der Waals surface area contributed by atoms with Crippen LogP contribution in [0.5, 0.6) is 0 Å². The van der Waals surface area contributed by atoms with Crippen LogP contribution >= 0.6 is 0 Å². The zero-order valence-electron chi connectivity index (χ0n) is 10.2. The van der Waals surface area contributed by atoms with Crippen LogP contribution in [0, 0.1) is 17.0 Å². The van der Waals surface area contributed by atoms with E-state index in [-0.39, 0.29) is 5.69 Å². The van der Waals surface area contributed by atoms with Crippen molar-refractivity contribution >= 4 is 11.5 Å². The first-order chi connectivity index (χ1) is 8.15. The minimum absolute atomic E-state index is 0.0356. The van der Waals surface area contributed by atoms with E-state index in [1.54, 1.807) is 13.1 Å². The molecule has 0 aliphatic heterocycles. The first-order valence-corrected chi connectivity index (χ1v) is 5.70. The number of rotatable bonds is 7. The Balaban J connectivity index is 2.55. The molecule has 0 aliphatic carbocycles. The third kappa shape index (κ3) is 4.36. The van der Waals surface area contributed by atoms with E-state index in [0.717, 1.165) is 25.1 Å². The van der Waals surface area contributed by atoms with Gasteiger partial charge < -0.3 is 10.6 Å². The Kier molecular flexibility index (Phi) is 5.35. The number of aromatic nitrogens is 1. The molecule has 0 atom stereocenters. The van der Waals surface area contributed by atoms with E-state index in [0.29, 0.717) is 12.4 Å². The SMILES string of the molecule is CCNCCCNc1ncc(C)cc1[N+](=O)[O-]. The van der Waals surface area contributed by atoms with Crippen molar-refractivity contribution in [2.24, 2.45) is 0 Å². The molecule has 0 saturated heterocycles. The molecule has 0 unspecified atom stereocenters. The Bertz CT molecular complexity index is 382. The van der Waals surface area contributed by atoms with Crippen LogP contribution in [0.3, 0.4) is 0 Å². The van der Waals surface area contributed by atoms with E-state index in [1.165, 1.54) is 6.07 Å². The summed E-state index contributed by atoms with van der Waals surface area (Å²) in [5.41, 5.74) is 0.823. The fourth-order valence-corrected chi connectivity index (χ4v) is 1.43. The highest BCUT2D eigenvalue weighted by Crippen LogP contribution is 2.22. The molecule has 0 aliphatic rings. The smallest absolute Gasteiger partial charge is 0.311 e.